The Morgan fingerprint density at radius 1 is 0.857 bits per heavy atom. The second kappa shape index (κ2) is 22.3. The summed E-state index contributed by atoms with van der Waals surface area (Å²) < 4.78 is 0. The molecule has 2 amide bonds. The molecular weight excluding hydrogens is 518 g/mol. The highest BCUT2D eigenvalue weighted by Crippen LogP contribution is 2.31. The van der Waals surface area contributed by atoms with E-state index in [1.165, 1.54) is 74.5 Å². The van der Waals surface area contributed by atoms with Crippen molar-refractivity contribution in [3.63, 3.8) is 0 Å². The summed E-state index contributed by atoms with van der Waals surface area (Å²) in [4.78, 5) is 28.7. The molecule has 5 rings (SSSR count). The normalized spacial score (nSPS) is 20.5. The minimum absolute atomic E-state index is 0.0530. The van der Waals surface area contributed by atoms with E-state index in [1.54, 1.807) is 11.8 Å². The van der Waals surface area contributed by atoms with Crippen LogP contribution in [0.25, 0.3) is 0 Å². The van der Waals surface area contributed by atoms with Crippen molar-refractivity contribution in [3.8, 4) is 25.7 Å². The van der Waals surface area contributed by atoms with E-state index in [4.69, 9.17) is 0 Å². The Morgan fingerprint density at radius 3 is 1.86 bits per heavy atom. The fourth-order valence-electron chi connectivity index (χ4n) is 5.95. The molecule has 1 aromatic carbocycles. The summed E-state index contributed by atoms with van der Waals surface area (Å²) in [6, 6.07) is 6.49. The second-order valence-corrected chi connectivity index (χ2v) is 11.5. The van der Waals surface area contributed by atoms with Crippen molar-refractivity contribution in [1.82, 2.24) is 9.80 Å². The van der Waals surface area contributed by atoms with Crippen molar-refractivity contribution in [2.75, 3.05) is 33.2 Å². The zero-order valence-electron chi connectivity index (χ0n) is 26.6. The molecule has 2 aliphatic heterocycles. The maximum Gasteiger partial charge on any atom is 0.232 e. The summed E-state index contributed by atoms with van der Waals surface area (Å²) in [5.41, 5.74) is 3.62. The Bertz CT molecular complexity index is 983. The van der Waals surface area contributed by atoms with Crippen LogP contribution in [0.15, 0.2) is 42.5 Å². The van der Waals surface area contributed by atoms with Crippen LogP contribution in [0.5, 0.6) is 0 Å². The zero-order chi connectivity index (χ0) is 31.2. The number of rotatable bonds is 4. The van der Waals surface area contributed by atoms with Crippen LogP contribution in [0.2, 0.25) is 0 Å². The smallest absolute Gasteiger partial charge is 0.232 e. The van der Waals surface area contributed by atoms with Gasteiger partial charge in [0.15, 0.2) is 0 Å². The number of terminal acetylenes is 2. The molecule has 2 saturated heterocycles. The van der Waals surface area contributed by atoms with Gasteiger partial charge in [0.2, 0.25) is 11.8 Å². The van der Waals surface area contributed by atoms with Gasteiger partial charge in [0.1, 0.15) is 0 Å². The van der Waals surface area contributed by atoms with E-state index in [1.807, 2.05) is 7.05 Å². The molecule has 2 aliphatic carbocycles. The first-order chi connectivity index (χ1) is 20.5. The fraction of sp³-hybridized carbons (Fsp3) is 0.568. The van der Waals surface area contributed by atoms with Gasteiger partial charge >= 0.3 is 0 Å². The minimum atomic E-state index is 0.0530. The highest BCUT2D eigenvalue weighted by molar-refractivity contribution is 5.80. The molecule has 0 spiro atoms. The lowest BCUT2D eigenvalue weighted by Crippen LogP contribution is -2.81. The lowest BCUT2D eigenvalue weighted by Gasteiger charge is -2.30. The zero-order valence-corrected chi connectivity index (χ0v) is 26.6. The number of likely N-dealkylation sites (tertiary alicyclic amines) is 1. The molecule has 5 nitrogen and oxygen atoms in total. The number of hydrogen-bond acceptors (Lipinski definition) is 2. The summed E-state index contributed by atoms with van der Waals surface area (Å²) >= 11 is 0. The molecule has 5 heteroatoms. The van der Waals surface area contributed by atoms with Gasteiger partial charge in [-0.25, -0.2) is 0 Å². The van der Waals surface area contributed by atoms with E-state index in [0.29, 0.717) is 12.5 Å². The fourth-order valence-corrected chi connectivity index (χ4v) is 5.95. The van der Waals surface area contributed by atoms with E-state index in [2.05, 4.69) is 85.3 Å². The summed E-state index contributed by atoms with van der Waals surface area (Å²) in [6.07, 6.45) is 39.5. The molecule has 1 aromatic rings. The van der Waals surface area contributed by atoms with Crippen molar-refractivity contribution >= 4 is 11.8 Å². The third kappa shape index (κ3) is 13.1. The number of carbonyl (C=O) groups is 2. The average molecular weight is 575 g/mol. The number of hydrogen-bond donors (Lipinski definition) is 1. The summed E-state index contributed by atoms with van der Waals surface area (Å²) in [5, 5.41) is 2.27. The number of carbonyl (C=O) groups excluding carboxylic acids is 2. The van der Waals surface area contributed by atoms with Crippen LogP contribution in [0, 0.1) is 38.5 Å². The molecule has 0 bridgehead atoms. The molecule has 42 heavy (non-hydrogen) atoms. The average Bonchev–Trinajstić information content (AvgIpc) is 3.55. The van der Waals surface area contributed by atoms with Gasteiger partial charge in [-0.15, -0.1) is 25.7 Å². The number of aryl methyl sites for hydroxylation is 1. The van der Waals surface area contributed by atoms with Gasteiger partial charge in [-0.1, -0.05) is 86.6 Å². The number of nitrogens with two attached hydrogens (primary N) is 1. The van der Waals surface area contributed by atoms with Gasteiger partial charge in [-0.2, -0.15) is 0 Å². The standard InChI is InChI=1S/C21H31N3O2.C6H12.C6H8.2C2H2/c1-15-7-8-18(17(11-15)14-23(3)16(2)25)19-12-22-13-20(19)21(26)24-9-5-4-6-10-24;2*1-2-4-6-5-3-1;2*1-2/h7-8,11,19-20,22H,4-6,9-10,12-14H2,1-3H3;1-6H2;1-4H,5-6H2;2*1-2H/p+1/t19-,20?;;;;/m0..../s1. The topological polar surface area (TPSA) is 57.2 Å². The predicted molar refractivity (Wildman–Crippen MR) is 177 cm³/mol. The molecule has 0 radical (unpaired) electrons. The molecule has 1 saturated carbocycles. The molecule has 230 valence electrons. The molecular formula is C37H56N3O2+. The van der Waals surface area contributed by atoms with E-state index < -0.39 is 0 Å². The molecule has 2 heterocycles. The Kier molecular flexibility index (Phi) is 19.5. The molecule has 1 unspecified atom stereocenters. The van der Waals surface area contributed by atoms with Crippen LogP contribution in [-0.2, 0) is 16.1 Å². The molecule has 3 fully saturated rings. The van der Waals surface area contributed by atoms with Crippen LogP contribution in [0.3, 0.4) is 0 Å². The second-order valence-electron chi connectivity index (χ2n) is 11.5. The molecule has 2 atom stereocenters. The van der Waals surface area contributed by atoms with Crippen molar-refractivity contribution < 1.29 is 14.9 Å². The Labute approximate surface area is 257 Å². The maximum atomic E-state index is 13.1. The lowest BCUT2D eigenvalue weighted by molar-refractivity contribution is -0.638. The third-order valence-electron chi connectivity index (χ3n) is 8.34. The molecule has 2 N–H and O–H groups in total. The summed E-state index contributed by atoms with van der Waals surface area (Å²) in [6.45, 7) is 7.93. The van der Waals surface area contributed by atoms with Gasteiger partial charge in [0.25, 0.3) is 0 Å². The summed E-state index contributed by atoms with van der Waals surface area (Å²) in [5.74, 6) is 0.684. The number of quaternary nitrogens is 1. The summed E-state index contributed by atoms with van der Waals surface area (Å²) in [7, 11) is 1.84. The van der Waals surface area contributed by atoms with Gasteiger partial charge < -0.3 is 15.1 Å². The predicted octanol–water partition coefficient (Wildman–Crippen LogP) is 5.99. The number of amides is 2. The number of piperidine rings is 1. The monoisotopic (exact) mass is 574 g/mol. The highest BCUT2D eigenvalue weighted by atomic mass is 16.2. The van der Waals surface area contributed by atoms with Crippen molar-refractivity contribution in [2.45, 2.75) is 96.9 Å². The van der Waals surface area contributed by atoms with E-state index in [9.17, 15) is 9.59 Å². The van der Waals surface area contributed by atoms with Crippen molar-refractivity contribution in [1.29, 1.82) is 0 Å². The third-order valence-corrected chi connectivity index (χ3v) is 8.34. The quantitative estimate of drug-likeness (QED) is 0.449. The van der Waals surface area contributed by atoms with Crippen LogP contribution in [0.1, 0.15) is 100 Å². The first-order valence-electron chi connectivity index (χ1n) is 15.9. The largest absolute Gasteiger partial charge is 0.345 e. The maximum absolute atomic E-state index is 13.1. The van der Waals surface area contributed by atoms with Gasteiger partial charge in [-0.3, -0.25) is 9.59 Å². The van der Waals surface area contributed by atoms with Crippen LogP contribution in [0.4, 0.5) is 0 Å². The van der Waals surface area contributed by atoms with Gasteiger partial charge in [-0.05, 0) is 50.2 Å². The van der Waals surface area contributed by atoms with E-state index >= 15 is 0 Å². The Hall–Kier alpha value is -3.28. The number of nitrogens with zero attached hydrogens (tertiary/aromatic N) is 2. The first-order valence-corrected chi connectivity index (χ1v) is 15.9. The van der Waals surface area contributed by atoms with E-state index in [0.717, 1.165) is 39.0 Å². The Balaban J connectivity index is 0.000000448. The SMILES string of the molecule is C#C.C#C.C1=CCCC=C1.C1CCCCC1.CC(=O)N(C)Cc1cc(C)ccc1[C@@H]1C[NH2+]CC1C(=O)N1CCCCC1. The van der Waals surface area contributed by atoms with Crippen molar-refractivity contribution in [2.24, 2.45) is 5.92 Å². The van der Waals surface area contributed by atoms with Gasteiger partial charge in [0, 0.05) is 33.6 Å². The number of allylic oxidation sites excluding steroid dienone is 4. The van der Waals surface area contributed by atoms with Crippen molar-refractivity contribution in [3.05, 3.63) is 59.2 Å². The number of benzene rings is 1. The van der Waals surface area contributed by atoms with Crippen LogP contribution < -0.4 is 5.32 Å². The Morgan fingerprint density at radius 2 is 1.38 bits per heavy atom. The van der Waals surface area contributed by atoms with E-state index in [-0.39, 0.29) is 17.7 Å². The minimum Gasteiger partial charge on any atom is -0.345 e. The lowest BCUT2D eigenvalue weighted by atomic mass is 9.84. The van der Waals surface area contributed by atoms with Gasteiger partial charge in [0.05, 0.1) is 24.9 Å². The highest BCUT2D eigenvalue weighted by Gasteiger charge is 2.40. The van der Waals surface area contributed by atoms with Crippen LogP contribution in [-0.4, -0.2) is 54.8 Å². The van der Waals surface area contributed by atoms with Crippen LogP contribution >= 0.6 is 0 Å². The first kappa shape index (κ1) is 36.7. The molecule has 4 aliphatic rings. The molecule has 0 aromatic heterocycles.